The van der Waals surface area contributed by atoms with Gasteiger partial charge in [-0.3, -0.25) is 14.8 Å². The largest absolute Gasteiger partial charge is 0.481 e. The Morgan fingerprint density at radius 2 is 1.97 bits per heavy atom. The molecule has 0 radical (unpaired) electrons. The summed E-state index contributed by atoms with van der Waals surface area (Å²) in [5.74, 6) is -1.43. The third kappa shape index (κ3) is 5.05. The van der Waals surface area contributed by atoms with Crippen LogP contribution < -0.4 is 5.32 Å². The minimum Gasteiger partial charge on any atom is -0.481 e. The van der Waals surface area contributed by atoms with Crippen LogP contribution in [0, 0.1) is 30.9 Å². The number of halogens is 3. The van der Waals surface area contributed by atoms with Crippen molar-refractivity contribution in [2.24, 2.45) is 5.41 Å². The fourth-order valence-corrected chi connectivity index (χ4v) is 4.56. The summed E-state index contributed by atoms with van der Waals surface area (Å²) in [6.07, 6.45) is 0.894. The second kappa shape index (κ2) is 9.68. The maximum Gasteiger partial charge on any atom is 0.310 e. The lowest BCUT2D eigenvalue weighted by molar-refractivity contribution is -0.152. The van der Waals surface area contributed by atoms with E-state index >= 15 is 0 Å². The number of benzene rings is 1. The van der Waals surface area contributed by atoms with E-state index in [0.717, 1.165) is 5.69 Å². The van der Waals surface area contributed by atoms with Gasteiger partial charge in [-0.1, -0.05) is 23.7 Å². The predicted octanol–water partition coefficient (Wildman–Crippen LogP) is 5.01. The number of H-pyrrole nitrogens is 1. The predicted molar refractivity (Wildman–Crippen MR) is 125 cm³/mol. The zero-order chi connectivity index (χ0) is 24.5. The molecule has 3 aromatic rings. The topological polar surface area (TPSA) is 94.1 Å². The quantitative estimate of drug-likeness (QED) is 0.432. The van der Waals surface area contributed by atoms with Crippen molar-refractivity contribution in [3.05, 3.63) is 69.5 Å². The fourth-order valence-electron chi connectivity index (χ4n) is 4.37. The minimum absolute atomic E-state index is 0.0101. The number of nitrogens with one attached hydrogen (secondary N) is 2. The van der Waals surface area contributed by atoms with Crippen LogP contribution >= 0.6 is 11.6 Å². The Kier molecular flexibility index (Phi) is 6.86. The molecule has 34 heavy (non-hydrogen) atoms. The highest BCUT2D eigenvalue weighted by atomic mass is 35.5. The molecular weight excluding hydrogens is 464 g/mol. The highest BCUT2D eigenvalue weighted by Gasteiger charge is 2.42. The Hall–Kier alpha value is -3.04. The van der Waals surface area contributed by atoms with Crippen molar-refractivity contribution >= 4 is 29.2 Å². The van der Waals surface area contributed by atoms with Gasteiger partial charge in [0.25, 0.3) is 0 Å². The van der Waals surface area contributed by atoms with Gasteiger partial charge < -0.3 is 10.4 Å². The number of rotatable bonds is 7. The number of aromatic nitrogens is 3. The second-order valence-electron chi connectivity index (χ2n) is 8.91. The molecule has 1 aliphatic heterocycles. The molecule has 1 aromatic carbocycles. The van der Waals surface area contributed by atoms with E-state index in [0.29, 0.717) is 55.1 Å². The first kappa shape index (κ1) is 24.1. The summed E-state index contributed by atoms with van der Waals surface area (Å²) in [4.78, 5) is 18.8. The summed E-state index contributed by atoms with van der Waals surface area (Å²) in [5.41, 5.74) is 1.11. The molecule has 10 heteroatoms. The van der Waals surface area contributed by atoms with Crippen LogP contribution in [-0.2, 0) is 17.8 Å². The normalized spacial score (nSPS) is 15.9. The van der Waals surface area contributed by atoms with E-state index in [-0.39, 0.29) is 17.3 Å². The summed E-state index contributed by atoms with van der Waals surface area (Å²) < 4.78 is 29.0. The molecule has 1 saturated heterocycles. The highest BCUT2D eigenvalue weighted by Crippen LogP contribution is 2.37. The summed E-state index contributed by atoms with van der Waals surface area (Å²) >= 11 is 5.88. The Morgan fingerprint density at radius 3 is 2.62 bits per heavy atom. The zero-order valence-electron chi connectivity index (χ0n) is 19.0. The number of pyridine rings is 1. The van der Waals surface area contributed by atoms with Crippen LogP contribution in [0.4, 0.5) is 20.4 Å². The van der Waals surface area contributed by atoms with Gasteiger partial charge in [0.2, 0.25) is 0 Å². The van der Waals surface area contributed by atoms with Gasteiger partial charge in [0, 0.05) is 36.0 Å². The Balaban J connectivity index is 1.50. The van der Waals surface area contributed by atoms with Crippen molar-refractivity contribution in [2.75, 3.05) is 18.4 Å². The van der Waals surface area contributed by atoms with Crippen LogP contribution in [0.25, 0.3) is 0 Å². The lowest BCUT2D eigenvalue weighted by atomic mass is 9.74. The Morgan fingerprint density at radius 1 is 1.24 bits per heavy atom. The fraction of sp³-hybridized carbons (Fsp3) is 0.375. The maximum atomic E-state index is 14.7. The first-order chi connectivity index (χ1) is 16.2. The lowest BCUT2D eigenvalue weighted by Crippen LogP contribution is -2.45. The molecule has 0 bridgehead atoms. The monoisotopic (exact) mass is 489 g/mol. The van der Waals surface area contributed by atoms with E-state index < -0.39 is 23.0 Å². The third-order valence-electron chi connectivity index (χ3n) is 6.36. The molecule has 0 amide bonds. The SMILES string of the molecule is Cc1cc(Nc2nc(CC3(C(=O)O)CCN(Cc4cccc(Cl)c4F)CC3)cc(C)c2F)n[nH]1. The number of nitrogens with zero attached hydrogens (tertiary/aromatic N) is 3. The number of anilines is 2. The second-order valence-corrected chi connectivity index (χ2v) is 9.31. The molecule has 0 saturated carbocycles. The maximum absolute atomic E-state index is 14.7. The molecule has 3 heterocycles. The van der Waals surface area contributed by atoms with E-state index in [1.165, 1.54) is 6.07 Å². The van der Waals surface area contributed by atoms with E-state index in [1.807, 2.05) is 11.8 Å². The summed E-state index contributed by atoms with van der Waals surface area (Å²) in [5, 5.41) is 19.9. The van der Waals surface area contributed by atoms with Crippen LogP contribution in [-0.4, -0.2) is 44.2 Å². The molecule has 4 rings (SSSR count). The number of hydrogen-bond acceptors (Lipinski definition) is 5. The molecule has 0 aliphatic carbocycles. The van der Waals surface area contributed by atoms with Gasteiger partial charge in [-0.2, -0.15) is 5.10 Å². The van der Waals surface area contributed by atoms with Crippen molar-refractivity contribution in [2.45, 2.75) is 39.7 Å². The molecule has 1 aliphatic rings. The van der Waals surface area contributed by atoms with Gasteiger partial charge in [-0.25, -0.2) is 13.8 Å². The van der Waals surface area contributed by atoms with Gasteiger partial charge in [-0.15, -0.1) is 0 Å². The van der Waals surface area contributed by atoms with E-state index in [4.69, 9.17) is 11.6 Å². The van der Waals surface area contributed by atoms with Crippen molar-refractivity contribution in [3.63, 3.8) is 0 Å². The summed E-state index contributed by atoms with van der Waals surface area (Å²) in [6, 6.07) is 8.20. The minimum atomic E-state index is -1.04. The molecule has 180 valence electrons. The number of aromatic amines is 1. The van der Waals surface area contributed by atoms with Gasteiger partial charge in [0.15, 0.2) is 17.5 Å². The van der Waals surface area contributed by atoms with E-state index in [1.54, 1.807) is 31.2 Å². The molecule has 7 nitrogen and oxygen atoms in total. The van der Waals surface area contributed by atoms with Gasteiger partial charge in [-0.05, 0) is 57.5 Å². The van der Waals surface area contributed by atoms with Crippen LogP contribution in [0.5, 0.6) is 0 Å². The van der Waals surface area contributed by atoms with Crippen LogP contribution in [0.15, 0.2) is 30.3 Å². The number of carbonyl (C=O) groups is 1. The first-order valence-corrected chi connectivity index (χ1v) is 11.4. The number of likely N-dealkylation sites (tertiary alicyclic amines) is 1. The van der Waals surface area contributed by atoms with Gasteiger partial charge >= 0.3 is 5.97 Å². The number of aryl methyl sites for hydroxylation is 2. The zero-order valence-corrected chi connectivity index (χ0v) is 19.7. The average Bonchev–Trinajstić information content (AvgIpc) is 3.20. The number of piperidine rings is 1. The van der Waals surface area contributed by atoms with E-state index in [2.05, 4.69) is 20.5 Å². The highest BCUT2D eigenvalue weighted by molar-refractivity contribution is 6.30. The van der Waals surface area contributed by atoms with Crippen molar-refractivity contribution in [1.82, 2.24) is 20.1 Å². The smallest absolute Gasteiger partial charge is 0.310 e. The molecule has 2 aromatic heterocycles. The molecular formula is C24H26ClF2N5O2. The third-order valence-corrected chi connectivity index (χ3v) is 6.65. The Bertz CT molecular complexity index is 1210. The van der Waals surface area contributed by atoms with Crippen molar-refractivity contribution < 1.29 is 18.7 Å². The molecule has 0 atom stereocenters. The molecule has 0 spiro atoms. The van der Waals surface area contributed by atoms with Crippen molar-refractivity contribution in [3.8, 4) is 0 Å². The number of aliphatic carboxylic acids is 1. The number of carboxylic acid groups (broad SMARTS) is 1. The Labute approximate surface area is 201 Å². The number of carboxylic acids is 1. The van der Waals surface area contributed by atoms with Crippen LogP contribution in [0.2, 0.25) is 5.02 Å². The molecule has 1 fully saturated rings. The molecule has 0 unspecified atom stereocenters. The van der Waals surface area contributed by atoms with Crippen LogP contribution in [0.3, 0.4) is 0 Å². The lowest BCUT2D eigenvalue weighted by Gasteiger charge is -2.39. The standard InChI is InChI=1S/C24H26ClF2N5O2/c1-14-10-17(28-22(20(14)26)29-19-11-15(2)30-31-19)12-24(23(33)34)6-8-32(9-7-24)13-16-4-3-5-18(25)21(16)27/h3-5,10-11H,6-9,12-13H2,1-2H3,(H,33,34)(H2,28,29,30,31). The van der Waals surface area contributed by atoms with Crippen LogP contribution in [0.1, 0.15) is 35.4 Å². The van der Waals surface area contributed by atoms with E-state index in [9.17, 15) is 18.7 Å². The first-order valence-electron chi connectivity index (χ1n) is 11.0. The average molecular weight is 490 g/mol. The molecule has 3 N–H and O–H groups in total. The van der Waals surface area contributed by atoms with Gasteiger partial charge in [0.05, 0.1) is 10.4 Å². The summed E-state index contributed by atoms with van der Waals surface area (Å²) in [6.45, 7) is 4.77. The van der Waals surface area contributed by atoms with Crippen molar-refractivity contribution in [1.29, 1.82) is 0 Å². The number of hydrogen-bond donors (Lipinski definition) is 3. The van der Waals surface area contributed by atoms with Gasteiger partial charge in [0.1, 0.15) is 5.82 Å². The summed E-state index contributed by atoms with van der Waals surface area (Å²) in [7, 11) is 0.